The first-order valence-corrected chi connectivity index (χ1v) is 7.23. The topological polar surface area (TPSA) is 59.6 Å². The monoisotopic (exact) mass is 467 g/mol. The largest absolute Gasteiger partial charge is 0.497 e. The Morgan fingerprint density at radius 1 is 1.30 bits per heavy atom. The lowest BCUT2D eigenvalue weighted by Crippen LogP contribution is -2.22. The van der Waals surface area contributed by atoms with Crippen molar-refractivity contribution in [3.63, 3.8) is 0 Å². The lowest BCUT2D eigenvalue weighted by molar-refractivity contribution is 0.415. The molecule has 1 aromatic carbocycles. The molecular formula is C13H15BrIN3OS. The van der Waals surface area contributed by atoms with Crippen LogP contribution in [0.15, 0.2) is 45.2 Å². The first-order chi connectivity index (χ1) is 9.17. The van der Waals surface area contributed by atoms with E-state index in [4.69, 9.17) is 10.5 Å². The summed E-state index contributed by atoms with van der Waals surface area (Å²) in [5, 5.41) is 3.04. The Morgan fingerprint density at radius 2 is 2.00 bits per heavy atom. The molecule has 108 valence electrons. The lowest BCUT2D eigenvalue weighted by atomic mass is 10.3. The zero-order valence-electron chi connectivity index (χ0n) is 10.8. The smallest absolute Gasteiger partial charge is 0.193 e. The molecule has 3 N–H and O–H groups in total. The van der Waals surface area contributed by atoms with Crippen LogP contribution >= 0.6 is 51.2 Å². The van der Waals surface area contributed by atoms with E-state index in [-0.39, 0.29) is 24.0 Å². The van der Waals surface area contributed by atoms with Gasteiger partial charge in [-0.15, -0.1) is 35.3 Å². The van der Waals surface area contributed by atoms with E-state index in [2.05, 4.69) is 26.2 Å². The summed E-state index contributed by atoms with van der Waals surface area (Å²) < 4.78 is 6.19. The van der Waals surface area contributed by atoms with Crippen LogP contribution in [0, 0.1) is 0 Å². The second-order valence-electron chi connectivity index (χ2n) is 3.76. The molecule has 0 bridgehead atoms. The maximum atomic E-state index is 5.83. The van der Waals surface area contributed by atoms with Crippen molar-refractivity contribution < 1.29 is 4.74 Å². The van der Waals surface area contributed by atoms with Crippen LogP contribution in [0.4, 0.5) is 5.69 Å². The maximum Gasteiger partial charge on any atom is 0.193 e. The number of nitrogens with two attached hydrogens (primary N) is 1. The minimum Gasteiger partial charge on any atom is -0.497 e. The number of thiophene rings is 1. The van der Waals surface area contributed by atoms with Gasteiger partial charge in [0.2, 0.25) is 0 Å². The molecule has 7 heteroatoms. The molecule has 0 spiro atoms. The Balaban J connectivity index is 0.00000200. The molecular weight excluding hydrogens is 453 g/mol. The van der Waals surface area contributed by atoms with Crippen molar-refractivity contribution in [2.75, 3.05) is 12.4 Å². The highest BCUT2D eigenvalue weighted by Gasteiger charge is 1.98. The maximum absolute atomic E-state index is 5.83. The number of benzene rings is 1. The summed E-state index contributed by atoms with van der Waals surface area (Å²) in [6.45, 7) is 0.575. The second-order valence-corrected chi connectivity index (χ2v) is 6.31. The minimum atomic E-state index is 0. The normalized spacial score (nSPS) is 10.8. The van der Waals surface area contributed by atoms with Crippen molar-refractivity contribution in [1.29, 1.82) is 0 Å². The molecule has 0 aliphatic rings. The third-order valence-corrected chi connectivity index (χ3v) is 4.00. The van der Waals surface area contributed by atoms with Gasteiger partial charge in [0, 0.05) is 10.6 Å². The average molecular weight is 468 g/mol. The van der Waals surface area contributed by atoms with E-state index in [1.165, 1.54) is 0 Å². The van der Waals surface area contributed by atoms with Gasteiger partial charge >= 0.3 is 0 Å². The van der Waals surface area contributed by atoms with Gasteiger partial charge in [-0.2, -0.15) is 0 Å². The van der Waals surface area contributed by atoms with Crippen LogP contribution in [-0.4, -0.2) is 13.1 Å². The molecule has 0 unspecified atom stereocenters. The van der Waals surface area contributed by atoms with Crippen LogP contribution in [0.1, 0.15) is 4.88 Å². The van der Waals surface area contributed by atoms with E-state index in [1.807, 2.05) is 36.4 Å². The van der Waals surface area contributed by atoms with Gasteiger partial charge in [0.1, 0.15) is 5.75 Å². The summed E-state index contributed by atoms with van der Waals surface area (Å²) in [5.74, 6) is 1.21. The number of anilines is 1. The summed E-state index contributed by atoms with van der Waals surface area (Å²) in [7, 11) is 1.64. The van der Waals surface area contributed by atoms with Crippen LogP contribution in [0.2, 0.25) is 0 Å². The predicted molar refractivity (Wildman–Crippen MR) is 99.4 cm³/mol. The molecule has 20 heavy (non-hydrogen) atoms. The second kappa shape index (κ2) is 8.48. The number of aliphatic imine (C=N–C) groups is 1. The van der Waals surface area contributed by atoms with E-state index >= 15 is 0 Å². The Morgan fingerprint density at radius 3 is 2.55 bits per heavy atom. The fourth-order valence-electron chi connectivity index (χ4n) is 1.46. The van der Waals surface area contributed by atoms with Gasteiger partial charge in [-0.05, 0) is 52.3 Å². The number of nitrogens with one attached hydrogen (secondary N) is 1. The van der Waals surface area contributed by atoms with Crippen molar-refractivity contribution in [3.8, 4) is 5.75 Å². The zero-order valence-corrected chi connectivity index (χ0v) is 15.5. The molecule has 4 nitrogen and oxygen atoms in total. The van der Waals surface area contributed by atoms with E-state index in [0.29, 0.717) is 12.5 Å². The fourth-order valence-corrected chi connectivity index (χ4v) is 2.87. The first kappa shape index (κ1) is 17.3. The molecule has 0 aliphatic heterocycles. The molecule has 0 radical (unpaired) electrons. The van der Waals surface area contributed by atoms with Gasteiger partial charge in [0.25, 0.3) is 0 Å². The summed E-state index contributed by atoms with van der Waals surface area (Å²) in [5.41, 5.74) is 6.72. The summed E-state index contributed by atoms with van der Waals surface area (Å²) in [6, 6.07) is 11.5. The van der Waals surface area contributed by atoms with Crippen molar-refractivity contribution in [2.45, 2.75) is 6.54 Å². The highest BCUT2D eigenvalue weighted by atomic mass is 127. The van der Waals surface area contributed by atoms with Crippen LogP contribution in [0.3, 0.4) is 0 Å². The van der Waals surface area contributed by atoms with Crippen molar-refractivity contribution in [3.05, 3.63) is 45.1 Å². The number of ether oxygens (including phenoxy) is 1. The molecule has 0 aliphatic carbocycles. The summed E-state index contributed by atoms with van der Waals surface area (Å²) in [6.07, 6.45) is 0. The van der Waals surface area contributed by atoms with Crippen LogP contribution < -0.4 is 15.8 Å². The first-order valence-electron chi connectivity index (χ1n) is 5.62. The van der Waals surface area contributed by atoms with Gasteiger partial charge < -0.3 is 15.8 Å². The summed E-state index contributed by atoms with van der Waals surface area (Å²) in [4.78, 5) is 5.45. The van der Waals surface area contributed by atoms with Crippen LogP contribution in [-0.2, 0) is 6.54 Å². The highest BCUT2D eigenvalue weighted by molar-refractivity contribution is 14.0. The number of rotatable bonds is 4. The fraction of sp³-hybridized carbons (Fsp3) is 0.154. The van der Waals surface area contributed by atoms with Gasteiger partial charge in [-0.25, -0.2) is 4.99 Å². The Kier molecular flexibility index (Phi) is 7.31. The molecule has 0 saturated carbocycles. The van der Waals surface area contributed by atoms with Gasteiger partial charge in [0.05, 0.1) is 17.4 Å². The van der Waals surface area contributed by atoms with E-state index < -0.39 is 0 Å². The van der Waals surface area contributed by atoms with Crippen LogP contribution in [0.5, 0.6) is 5.75 Å². The molecule has 0 atom stereocenters. The number of hydrogen-bond acceptors (Lipinski definition) is 3. The highest BCUT2D eigenvalue weighted by Crippen LogP contribution is 2.22. The van der Waals surface area contributed by atoms with Crippen molar-refractivity contribution in [1.82, 2.24) is 0 Å². The number of guanidine groups is 1. The molecule has 2 rings (SSSR count). The number of methoxy groups -OCH3 is 1. The third-order valence-electron chi connectivity index (χ3n) is 2.40. The number of hydrogen-bond donors (Lipinski definition) is 2. The standard InChI is InChI=1S/C13H14BrN3OS.HI/c1-18-10-4-2-9(3-5-10)17-13(15)16-8-11-6-7-12(14)19-11;/h2-7H,8H2,1H3,(H3,15,16,17);1H. The lowest BCUT2D eigenvalue weighted by Gasteiger charge is -2.06. The minimum absolute atomic E-state index is 0. The molecule has 0 saturated heterocycles. The quantitative estimate of drug-likeness (QED) is 0.405. The molecule has 0 fully saturated rings. The molecule has 2 aromatic rings. The predicted octanol–water partition coefficient (Wildman–Crippen LogP) is 4.06. The number of nitrogens with zero attached hydrogens (tertiary/aromatic N) is 1. The van der Waals surface area contributed by atoms with Gasteiger partial charge in [0.15, 0.2) is 5.96 Å². The molecule has 1 heterocycles. The third kappa shape index (κ3) is 5.29. The SMILES string of the molecule is COc1ccc(NC(N)=NCc2ccc(Br)s2)cc1.I. The van der Waals surface area contributed by atoms with Gasteiger partial charge in [-0.3, -0.25) is 0 Å². The van der Waals surface area contributed by atoms with E-state index in [1.54, 1.807) is 18.4 Å². The zero-order chi connectivity index (χ0) is 13.7. The summed E-state index contributed by atoms with van der Waals surface area (Å²) >= 11 is 5.07. The Labute approximate surface area is 147 Å². The molecule has 0 amide bonds. The number of halogens is 2. The van der Waals surface area contributed by atoms with Crippen molar-refractivity contribution in [2.24, 2.45) is 10.7 Å². The Bertz CT molecular complexity index is 571. The van der Waals surface area contributed by atoms with Crippen LogP contribution in [0.25, 0.3) is 0 Å². The average Bonchev–Trinajstić information content (AvgIpc) is 2.83. The van der Waals surface area contributed by atoms with E-state index in [9.17, 15) is 0 Å². The van der Waals surface area contributed by atoms with Gasteiger partial charge in [-0.1, -0.05) is 0 Å². The van der Waals surface area contributed by atoms with E-state index in [0.717, 1.165) is 20.1 Å². The molecule has 1 aromatic heterocycles. The van der Waals surface area contributed by atoms with Crippen molar-refractivity contribution >= 4 is 62.9 Å². The Hall–Kier alpha value is -0.800.